The molecule has 0 unspecified atom stereocenters. The van der Waals surface area contributed by atoms with Gasteiger partial charge in [-0.25, -0.2) is 8.42 Å². The number of hydrogen-bond donors (Lipinski definition) is 0. The average molecular weight is 409 g/mol. The van der Waals surface area contributed by atoms with Gasteiger partial charge in [-0.05, 0) is 31.5 Å². The summed E-state index contributed by atoms with van der Waals surface area (Å²) in [6.07, 6.45) is 0.984. The molecule has 0 saturated heterocycles. The molecule has 0 aliphatic carbocycles. The summed E-state index contributed by atoms with van der Waals surface area (Å²) in [6.45, 7) is 2.60. The van der Waals surface area contributed by atoms with E-state index in [0.717, 1.165) is 17.4 Å². The largest absolute Gasteiger partial charge is 0.465 e. The smallest absolute Gasteiger partial charge is 0.327 e. The molecule has 0 N–H and O–H groups in total. The van der Waals surface area contributed by atoms with Crippen LogP contribution in [-0.4, -0.2) is 50.5 Å². The lowest BCUT2D eigenvalue weighted by atomic mass is 9.97. The van der Waals surface area contributed by atoms with Gasteiger partial charge in [0.05, 0.1) is 12.3 Å². The molecule has 1 aliphatic rings. The number of rotatable bonds is 7. The first-order valence-electron chi connectivity index (χ1n) is 8.96. The quantitative estimate of drug-likeness (QED) is 0.511. The maximum absolute atomic E-state index is 12.3. The van der Waals surface area contributed by atoms with Gasteiger partial charge in [-0.15, -0.1) is 0 Å². The van der Waals surface area contributed by atoms with Gasteiger partial charge in [0.1, 0.15) is 12.8 Å². The first kappa shape index (κ1) is 21.9. The van der Waals surface area contributed by atoms with Crippen molar-refractivity contribution < 1.29 is 27.2 Å². The van der Waals surface area contributed by atoms with Crippen molar-refractivity contribution in [1.82, 2.24) is 0 Å². The number of benzene rings is 1. The zero-order valence-electron chi connectivity index (χ0n) is 16.2. The summed E-state index contributed by atoms with van der Waals surface area (Å²) in [5.41, 5.74) is 2.24. The summed E-state index contributed by atoms with van der Waals surface area (Å²) in [7, 11) is -3.72. The van der Waals surface area contributed by atoms with E-state index in [1.54, 1.807) is 19.1 Å². The lowest BCUT2D eigenvalue weighted by Gasteiger charge is -2.27. The molecule has 1 aliphatic heterocycles. The fraction of sp³-hybridized carbons (Fsp3) is 0.500. The number of halogens is 1. The van der Waals surface area contributed by atoms with Gasteiger partial charge < -0.3 is 9.57 Å². The first-order chi connectivity index (χ1) is 13.2. The Balaban J connectivity index is 2.08. The van der Waals surface area contributed by atoms with Crippen molar-refractivity contribution in [2.45, 2.75) is 44.0 Å². The maximum atomic E-state index is 12.3. The molecule has 152 valence electrons. The van der Waals surface area contributed by atoms with E-state index >= 15 is 0 Å². The molecule has 1 heterocycles. The van der Waals surface area contributed by atoms with Gasteiger partial charge in [0.25, 0.3) is 0 Å². The van der Waals surface area contributed by atoms with E-state index in [2.05, 4.69) is 17.0 Å². The van der Waals surface area contributed by atoms with Crippen LogP contribution < -0.4 is 0 Å². The van der Waals surface area contributed by atoms with Crippen molar-refractivity contribution in [2.75, 3.05) is 19.5 Å². The second-order valence-corrected chi connectivity index (χ2v) is 9.16. The highest BCUT2D eigenvalue weighted by molar-refractivity contribution is 7.92. The van der Waals surface area contributed by atoms with E-state index in [-0.39, 0.29) is 19.4 Å². The van der Waals surface area contributed by atoms with E-state index in [9.17, 15) is 17.6 Å². The Hall–Kier alpha value is -2.40. The molecule has 1 aromatic carbocycles. The Kier molecular flexibility index (Phi) is 7.19. The molecule has 0 radical (unpaired) electrons. The van der Waals surface area contributed by atoms with Crippen LogP contribution in [0.25, 0.3) is 0 Å². The highest BCUT2D eigenvalue weighted by atomic mass is 32.2. The van der Waals surface area contributed by atoms with E-state index < -0.39 is 33.3 Å². The zero-order chi connectivity index (χ0) is 20.8. The molecular formula is C20H24FNO5S. The van der Waals surface area contributed by atoms with Crippen molar-refractivity contribution in [3.63, 3.8) is 0 Å². The Bertz CT molecular complexity index is 899. The van der Waals surface area contributed by atoms with Gasteiger partial charge in [0, 0.05) is 31.1 Å². The Labute approximate surface area is 165 Å². The normalized spacial score (nSPS) is 18.3. The Morgan fingerprint density at radius 1 is 1.39 bits per heavy atom. The molecule has 0 aromatic heterocycles. The molecule has 2 rings (SSSR count). The van der Waals surface area contributed by atoms with E-state index in [1.807, 2.05) is 12.1 Å². The number of oxime groups is 1. The summed E-state index contributed by atoms with van der Waals surface area (Å²) in [5, 5.41) is 4.05. The summed E-state index contributed by atoms with van der Waals surface area (Å²) in [4.78, 5) is 17.7. The molecular weight excluding hydrogens is 385 g/mol. The predicted octanol–water partition coefficient (Wildman–Crippen LogP) is 2.65. The van der Waals surface area contributed by atoms with E-state index in [1.165, 1.54) is 6.92 Å². The highest BCUT2D eigenvalue weighted by Crippen LogP contribution is 2.30. The zero-order valence-corrected chi connectivity index (χ0v) is 17.0. The van der Waals surface area contributed by atoms with Gasteiger partial charge in [-0.2, -0.15) is 0 Å². The number of ether oxygens (including phenoxy) is 1. The minimum atomic E-state index is -3.72. The SMILES string of the molecule is CCOC(=O)[C@@](C)(C[C@H]1CC(c2ccc(C#CCCF)cc2)=NO1)S(C)(=O)=O. The molecule has 8 heteroatoms. The van der Waals surface area contributed by atoms with Crippen molar-refractivity contribution in [1.29, 1.82) is 0 Å². The molecule has 2 atom stereocenters. The van der Waals surface area contributed by atoms with Gasteiger partial charge >= 0.3 is 5.97 Å². The number of carbonyl (C=O) groups excluding carboxylic acids is 1. The maximum Gasteiger partial charge on any atom is 0.327 e. The predicted molar refractivity (Wildman–Crippen MR) is 104 cm³/mol. The van der Waals surface area contributed by atoms with Crippen molar-refractivity contribution in [3.8, 4) is 11.8 Å². The summed E-state index contributed by atoms with van der Waals surface area (Å²) in [5.74, 6) is 4.81. The van der Waals surface area contributed by atoms with Gasteiger partial charge in [-0.1, -0.05) is 29.1 Å². The molecule has 6 nitrogen and oxygen atoms in total. The Morgan fingerprint density at radius 3 is 2.64 bits per heavy atom. The standard InChI is InChI=1S/C20H24FNO5S/c1-4-26-19(23)20(2,28(3,24)25)14-17-13-18(22-27-17)16-10-8-15(9-11-16)7-5-6-12-21/h8-11,17H,4,6,12-14H2,1-3H3/t17-,20-/m1/s1. The minimum Gasteiger partial charge on any atom is -0.465 e. The Morgan fingerprint density at radius 2 is 2.07 bits per heavy atom. The molecule has 28 heavy (non-hydrogen) atoms. The molecule has 0 saturated carbocycles. The van der Waals surface area contributed by atoms with Gasteiger partial charge in [0.15, 0.2) is 14.6 Å². The third-order valence-electron chi connectivity index (χ3n) is 4.55. The number of hydrogen-bond acceptors (Lipinski definition) is 6. The average Bonchev–Trinajstić information content (AvgIpc) is 3.10. The topological polar surface area (TPSA) is 82.0 Å². The van der Waals surface area contributed by atoms with Crippen LogP contribution in [0.1, 0.15) is 44.2 Å². The molecule has 0 amide bonds. The molecule has 0 spiro atoms. The summed E-state index contributed by atoms with van der Waals surface area (Å²) < 4.78 is 39.8. The van der Waals surface area contributed by atoms with Crippen LogP contribution in [-0.2, 0) is 24.2 Å². The van der Waals surface area contributed by atoms with E-state index in [4.69, 9.17) is 9.57 Å². The van der Waals surface area contributed by atoms with Crippen LogP contribution in [0.3, 0.4) is 0 Å². The number of esters is 1. The van der Waals surface area contributed by atoms with Crippen LogP contribution in [0.2, 0.25) is 0 Å². The van der Waals surface area contributed by atoms with Crippen molar-refractivity contribution in [2.24, 2.45) is 5.16 Å². The fourth-order valence-corrected chi connectivity index (χ4v) is 3.62. The second kappa shape index (κ2) is 9.20. The third-order valence-corrected chi connectivity index (χ3v) is 6.52. The van der Waals surface area contributed by atoms with Crippen molar-refractivity contribution >= 4 is 21.5 Å². The molecule has 1 aromatic rings. The lowest BCUT2D eigenvalue weighted by Crippen LogP contribution is -2.47. The number of carbonyl (C=O) groups is 1. The lowest BCUT2D eigenvalue weighted by molar-refractivity contribution is -0.146. The minimum absolute atomic E-state index is 0.0511. The van der Waals surface area contributed by atoms with Crippen LogP contribution >= 0.6 is 0 Å². The molecule has 0 bridgehead atoms. The summed E-state index contributed by atoms with van der Waals surface area (Å²) >= 11 is 0. The van der Waals surface area contributed by atoms with Crippen molar-refractivity contribution in [3.05, 3.63) is 35.4 Å². The monoisotopic (exact) mass is 409 g/mol. The van der Waals surface area contributed by atoms with Crippen LogP contribution in [0.15, 0.2) is 29.4 Å². The third kappa shape index (κ3) is 5.10. The second-order valence-electron chi connectivity index (χ2n) is 6.72. The van der Waals surface area contributed by atoms with E-state index in [0.29, 0.717) is 12.1 Å². The number of alkyl halides is 1. The summed E-state index contributed by atoms with van der Waals surface area (Å²) in [6, 6.07) is 7.25. The van der Waals surface area contributed by atoms with Gasteiger partial charge in [0.2, 0.25) is 0 Å². The first-order valence-corrected chi connectivity index (χ1v) is 10.8. The number of sulfone groups is 1. The van der Waals surface area contributed by atoms with Crippen LogP contribution in [0.4, 0.5) is 4.39 Å². The van der Waals surface area contributed by atoms with Crippen LogP contribution in [0, 0.1) is 11.8 Å². The molecule has 0 fully saturated rings. The van der Waals surface area contributed by atoms with Gasteiger partial charge in [-0.3, -0.25) is 9.18 Å². The number of nitrogens with zero attached hydrogens (tertiary/aromatic N) is 1. The highest BCUT2D eigenvalue weighted by Gasteiger charge is 2.48. The fourth-order valence-electron chi connectivity index (χ4n) is 2.77. The van der Waals surface area contributed by atoms with Crippen LogP contribution in [0.5, 0.6) is 0 Å².